The lowest BCUT2D eigenvalue weighted by Crippen LogP contribution is -2.33. The fourth-order valence-corrected chi connectivity index (χ4v) is 2.73. The van der Waals surface area contributed by atoms with Crippen molar-refractivity contribution in [3.63, 3.8) is 0 Å². The molecule has 0 radical (unpaired) electrons. The summed E-state index contributed by atoms with van der Waals surface area (Å²) in [5.41, 5.74) is 2.82. The maximum Gasteiger partial charge on any atom is 0.173 e. The molecule has 21 heavy (non-hydrogen) atoms. The highest BCUT2D eigenvalue weighted by molar-refractivity contribution is 5.13. The zero-order valence-electron chi connectivity index (χ0n) is 13.3. The van der Waals surface area contributed by atoms with Gasteiger partial charge in [-0.05, 0) is 18.9 Å². The highest BCUT2D eigenvalue weighted by atomic mass is 14.9. The Hall–Kier alpha value is -1.63. The van der Waals surface area contributed by atoms with Crippen LogP contribution < -0.4 is 4.57 Å². The minimum atomic E-state index is 0.963. The summed E-state index contributed by atoms with van der Waals surface area (Å²) in [5, 5.41) is 0. The average molecular weight is 282 g/mol. The molecular weight excluding hydrogens is 254 g/mol. The number of rotatable bonds is 9. The van der Waals surface area contributed by atoms with Crippen LogP contribution in [0.4, 0.5) is 0 Å². The van der Waals surface area contributed by atoms with Crippen LogP contribution in [-0.2, 0) is 13.0 Å². The van der Waals surface area contributed by atoms with Gasteiger partial charge in [0.05, 0.1) is 0 Å². The number of hydrogen-bond acceptors (Lipinski definition) is 0. The van der Waals surface area contributed by atoms with Gasteiger partial charge in [-0.2, -0.15) is 0 Å². The number of pyridine rings is 1. The number of aryl methyl sites for hydroxylation is 1. The van der Waals surface area contributed by atoms with E-state index in [0.29, 0.717) is 0 Å². The van der Waals surface area contributed by atoms with E-state index in [9.17, 15) is 0 Å². The van der Waals surface area contributed by atoms with E-state index >= 15 is 0 Å². The van der Waals surface area contributed by atoms with Gasteiger partial charge in [0.1, 0.15) is 0 Å². The molecule has 0 saturated heterocycles. The summed E-state index contributed by atoms with van der Waals surface area (Å²) >= 11 is 0. The Morgan fingerprint density at radius 2 is 1.48 bits per heavy atom. The van der Waals surface area contributed by atoms with Crippen molar-refractivity contribution in [2.75, 3.05) is 0 Å². The standard InChI is InChI=1S/C20H28N/c1-2-3-4-5-6-8-12-20-15-11-16-21(18-20)17-19-13-9-7-10-14-19/h7,9-11,13-16,18H,2-6,8,12,17H2,1H3/q+1. The molecule has 1 heterocycles. The smallest absolute Gasteiger partial charge is 0.173 e. The Morgan fingerprint density at radius 3 is 2.29 bits per heavy atom. The van der Waals surface area contributed by atoms with E-state index in [1.54, 1.807) is 0 Å². The summed E-state index contributed by atoms with van der Waals surface area (Å²) in [6.45, 7) is 3.24. The second-order valence-corrected chi connectivity index (χ2v) is 5.89. The highest BCUT2D eigenvalue weighted by Crippen LogP contribution is 2.09. The fourth-order valence-electron chi connectivity index (χ4n) is 2.73. The molecule has 1 aromatic heterocycles. The average Bonchev–Trinajstić information content (AvgIpc) is 2.52. The first-order valence-corrected chi connectivity index (χ1v) is 8.40. The van der Waals surface area contributed by atoms with Crippen LogP contribution >= 0.6 is 0 Å². The van der Waals surface area contributed by atoms with E-state index in [1.165, 1.54) is 56.1 Å². The lowest BCUT2D eigenvalue weighted by atomic mass is 10.1. The van der Waals surface area contributed by atoms with Gasteiger partial charge in [0.25, 0.3) is 0 Å². The molecule has 0 atom stereocenters. The van der Waals surface area contributed by atoms with Gasteiger partial charge >= 0.3 is 0 Å². The fraction of sp³-hybridized carbons (Fsp3) is 0.450. The van der Waals surface area contributed by atoms with Gasteiger partial charge in [0.15, 0.2) is 18.9 Å². The minimum Gasteiger partial charge on any atom is -0.201 e. The molecule has 1 heteroatoms. The van der Waals surface area contributed by atoms with Crippen LogP contribution in [0.15, 0.2) is 54.9 Å². The molecule has 2 aromatic rings. The summed E-state index contributed by atoms with van der Waals surface area (Å²) in [5.74, 6) is 0. The van der Waals surface area contributed by atoms with Crippen LogP contribution in [0.1, 0.15) is 56.6 Å². The molecular formula is C20H28N+. The summed E-state index contributed by atoms with van der Waals surface area (Å²) in [7, 11) is 0. The van der Waals surface area contributed by atoms with Crippen molar-refractivity contribution in [2.45, 2.75) is 58.4 Å². The first-order valence-electron chi connectivity index (χ1n) is 8.40. The topological polar surface area (TPSA) is 3.88 Å². The predicted octanol–water partition coefficient (Wildman–Crippen LogP) is 4.93. The van der Waals surface area contributed by atoms with Crippen LogP contribution in [0.25, 0.3) is 0 Å². The maximum absolute atomic E-state index is 2.30. The zero-order valence-corrected chi connectivity index (χ0v) is 13.3. The van der Waals surface area contributed by atoms with E-state index in [-0.39, 0.29) is 0 Å². The summed E-state index contributed by atoms with van der Waals surface area (Å²) in [6, 6.07) is 15.1. The number of aromatic nitrogens is 1. The van der Waals surface area contributed by atoms with Crippen molar-refractivity contribution < 1.29 is 4.57 Å². The zero-order chi connectivity index (χ0) is 14.8. The van der Waals surface area contributed by atoms with E-state index in [4.69, 9.17) is 0 Å². The van der Waals surface area contributed by atoms with Crippen molar-refractivity contribution in [2.24, 2.45) is 0 Å². The summed E-state index contributed by atoms with van der Waals surface area (Å²) in [4.78, 5) is 0. The molecule has 0 fully saturated rings. The van der Waals surface area contributed by atoms with Crippen LogP contribution in [0.5, 0.6) is 0 Å². The quantitative estimate of drug-likeness (QED) is 0.454. The molecule has 0 N–H and O–H groups in total. The number of hydrogen-bond donors (Lipinski definition) is 0. The summed E-state index contributed by atoms with van der Waals surface area (Å²) in [6.07, 6.45) is 13.9. The molecule has 0 unspecified atom stereocenters. The highest BCUT2D eigenvalue weighted by Gasteiger charge is 2.04. The van der Waals surface area contributed by atoms with E-state index in [0.717, 1.165) is 6.54 Å². The van der Waals surface area contributed by atoms with E-state index in [1.807, 2.05) is 0 Å². The lowest BCUT2D eigenvalue weighted by Gasteiger charge is -2.02. The SMILES string of the molecule is CCCCCCCCc1ccc[n+](Cc2ccccc2)c1. The largest absolute Gasteiger partial charge is 0.201 e. The van der Waals surface area contributed by atoms with Gasteiger partial charge < -0.3 is 0 Å². The third kappa shape index (κ3) is 6.12. The lowest BCUT2D eigenvalue weighted by molar-refractivity contribution is -0.688. The molecule has 1 nitrogen and oxygen atoms in total. The van der Waals surface area contributed by atoms with E-state index < -0.39 is 0 Å². The molecule has 112 valence electrons. The maximum atomic E-state index is 2.30. The molecule has 0 amide bonds. The monoisotopic (exact) mass is 282 g/mol. The van der Waals surface area contributed by atoms with Crippen molar-refractivity contribution in [3.05, 3.63) is 66.0 Å². The molecule has 1 aromatic carbocycles. The molecule has 0 saturated carbocycles. The van der Waals surface area contributed by atoms with Crippen molar-refractivity contribution in [3.8, 4) is 0 Å². The van der Waals surface area contributed by atoms with Crippen LogP contribution in [0.3, 0.4) is 0 Å². The Morgan fingerprint density at radius 1 is 0.762 bits per heavy atom. The molecule has 0 aliphatic heterocycles. The van der Waals surface area contributed by atoms with Crippen molar-refractivity contribution in [1.82, 2.24) is 0 Å². The van der Waals surface area contributed by atoms with Crippen LogP contribution in [-0.4, -0.2) is 0 Å². The molecule has 0 bridgehead atoms. The van der Waals surface area contributed by atoms with Crippen molar-refractivity contribution >= 4 is 0 Å². The van der Waals surface area contributed by atoms with Gasteiger partial charge in [0.2, 0.25) is 0 Å². The second-order valence-electron chi connectivity index (χ2n) is 5.89. The number of unbranched alkanes of at least 4 members (excludes halogenated alkanes) is 5. The molecule has 2 rings (SSSR count). The van der Waals surface area contributed by atoms with Gasteiger partial charge in [-0.15, -0.1) is 0 Å². The van der Waals surface area contributed by atoms with Crippen LogP contribution in [0.2, 0.25) is 0 Å². The first kappa shape index (κ1) is 15.8. The minimum absolute atomic E-state index is 0.963. The Bertz CT molecular complexity index is 504. The Labute approximate surface area is 129 Å². The van der Waals surface area contributed by atoms with Crippen LogP contribution in [0, 0.1) is 0 Å². The first-order chi connectivity index (χ1) is 10.4. The van der Waals surface area contributed by atoms with E-state index in [2.05, 4.69) is 66.3 Å². The Kier molecular flexibility index (Phi) is 7.00. The van der Waals surface area contributed by atoms with Gasteiger partial charge in [-0.1, -0.05) is 69.4 Å². The van der Waals surface area contributed by atoms with Gasteiger partial charge in [0, 0.05) is 17.2 Å². The van der Waals surface area contributed by atoms with Gasteiger partial charge in [-0.3, -0.25) is 0 Å². The summed E-state index contributed by atoms with van der Waals surface area (Å²) < 4.78 is 2.29. The third-order valence-electron chi connectivity index (χ3n) is 3.95. The Balaban J connectivity index is 1.78. The molecule has 0 aliphatic carbocycles. The third-order valence-corrected chi connectivity index (χ3v) is 3.95. The van der Waals surface area contributed by atoms with Crippen molar-refractivity contribution in [1.29, 1.82) is 0 Å². The molecule has 0 aliphatic rings. The predicted molar refractivity (Wildman–Crippen MR) is 89.3 cm³/mol. The second kappa shape index (κ2) is 9.33. The normalized spacial score (nSPS) is 10.7. The van der Waals surface area contributed by atoms with Gasteiger partial charge in [-0.25, -0.2) is 4.57 Å². The molecule has 0 spiro atoms. The number of benzene rings is 1. The number of nitrogens with zero attached hydrogens (tertiary/aromatic N) is 1.